The monoisotopic (exact) mass is 359 g/mol. The van der Waals surface area contributed by atoms with Crippen molar-refractivity contribution in [3.63, 3.8) is 0 Å². The first kappa shape index (κ1) is 14.5. The molecular weight excluding hydrogens is 346 g/mol. The lowest BCUT2D eigenvalue weighted by Gasteiger charge is -2.03. The molecule has 2 heterocycles. The van der Waals surface area contributed by atoms with Gasteiger partial charge in [-0.1, -0.05) is 22.0 Å². The van der Waals surface area contributed by atoms with E-state index in [0.29, 0.717) is 11.5 Å². The standard InChI is InChI=1S/C15H14BrN5O/c1-10-8-14(20(2)18-10)17-15(22)13-6-7-21(19-13)12-5-3-4-11(16)9-12/h3-9H,1-2H3,(H,17,22). The lowest BCUT2D eigenvalue weighted by atomic mass is 10.3. The fourth-order valence-corrected chi connectivity index (χ4v) is 2.50. The van der Waals surface area contributed by atoms with E-state index < -0.39 is 0 Å². The van der Waals surface area contributed by atoms with Crippen LogP contribution in [-0.4, -0.2) is 25.5 Å². The van der Waals surface area contributed by atoms with Gasteiger partial charge in [-0.3, -0.25) is 9.48 Å². The molecule has 22 heavy (non-hydrogen) atoms. The minimum Gasteiger partial charge on any atom is -0.305 e. The van der Waals surface area contributed by atoms with Gasteiger partial charge in [-0.25, -0.2) is 4.68 Å². The van der Waals surface area contributed by atoms with E-state index in [-0.39, 0.29) is 5.91 Å². The third kappa shape index (κ3) is 2.94. The van der Waals surface area contributed by atoms with Gasteiger partial charge in [0, 0.05) is 23.8 Å². The Labute approximate surface area is 135 Å². The summed E-state index contributed by atoms with van der Waals surface area (Å²) in [5, 5.41) is 11.3. The summed E-state index contributed by atoms with van der Waals surface area (Å²) in [6, 6.07) is 11.2. The number of amides is 1. The molecule has 0 atom stereocenters. The molecular formula is C15H14BrN5O. The molecule has 112 valence electrons. The molecule has 3 rings (SSSR count). The first-order chi connectivity index (χ1) is 10.5. The van der Waals surface area contributed by atoms with Crippen LogP contribution in [0, 0.1) is 6.92 Å². The van der Waals surface area contributed by atoms with Crippen LogP contribution < -0.4 is 5.32 Å². The number of halogens is 1. The normalized spacial score (nSPS) is 10.7. The highest BCUT2D eigenvalue weighted by Gasteiger charge is 2.13. The maximum absolute atomic E-state index is 12.2. The van der Waals surface area contributed by atoms with Gasteiger partial charge in [-0.05, 0) is 31.2 Å². The minimum absolute atomic E-state index is 0.267. The van der Waals surface area contributed by atoms with E-state index in [9.17, 15) is 4.79 Å². The first-order valence-electron chi connectivity index (χ1n) is 6.66. The fraction of sp³-hybridized carbons (Fsp3) is 0.133. The maximum atomic E-state index is 12.2. The Morgan fingerprint density at radius 1 is 1.23 bits per heavy atom. The first-order valence-corrected chi connectivity index (χ1v) is 7.46. The SMILES string of the molecule is Cc1cc(NC(=O)c2ccn(-c3cccc(Br)c3)n2)n(C)n1. The molecule has 0 radical (unpaired) electrons. The van der Waals surface area contributed by atoms with Crippen LogP contribution in [0.1, 0.15) is 16.2 Å². The Morgan fingerprint density at radius 2 is 2.05 bits per heavy atom. The average molecular weight is 360 g/mol. The second kappa shape index (κ2) is 5.76. The molecule has 0 aliphatic heterocycles. The number of nitrogens with zero attached hydrogens (tertiary/aromatic N) is 4. The zero-order chi connectivity index (χ0) is 15.7. The van der Waals surface area contributed by atoms with Crippen LogP contribution >= 0.6 is 15.9 Å². The van der Waals surface area contributed by atoms with Gasteiger partial charge in [0.1, 0.15) is 5.82 Å². The Hall–Kier alpha value is -2.41. The molecule has 1 aromatic carbocycles. The van der Waals surface area contributed by atoms with E-state index in [2.05, 4.69) is 31.4 Å². The second-order valence-corrected chi connectivity index (χ2v) is 5.79. The number of aromatic nitrogens is 4. The number of hydrogen-bond acceptors (Lipinski definition) is 3. The fourth-order valence-electron chi connectivity index (χ4n) is 2.12. The van der Waals surface area contributed by atoms with Gasteiger partial charge in [0.2, 0.25) is 0 Å². The molecule has 0 aliphatic rings. The molecule has 0 saturated heterocycles. The summed E-state index contributed by atoms with van der Waals surface area (Å²) in [5.74, 6) is 0.372. The van der Waals surface area contributed by atoms with Crippen LogP contribution in [-0.2, 0) is 7.05 Å². The van der Waals surface area contributed by atoms with Crippen LogP contribution in [0.2, 0.25) is 0 Å². The number of carbonyl (C=O) groups excluding carboxylic acids is 1. The van der Waals surface area contributed by atoms with Crippen molar-refractivity contribution in [1.29, 1.82) is 0 Å². The van der Waals surface area contributed by atoms with Gasteiger partial charge in [-0.15, -0.1) is 0 Å². The summed E-state index contributed by atoms with van der Waals surface area (Å²) in [6.07, 6.45) is 1.76. The zero-order valence-corrected chi connectivity index (χ0v) is 13.7. The summed E-state index contributed by atoms with van der Waals surface area (Å²) in [6.45, 7) is 1.87. The summed E-state index contributed by atoms with van der Waals surface area (Å²) >= 11 is 3.42. The van der Waals surface area contributed by atoms with Crippen LogP contribution in [0.25, 0.3) is 5.69 Å². The Balaban J connectivity index is 1.81. The summed E-state index contributed by atoms with van der Waals surface area (Å²) in [7, 11) is 1.78. The number of benzene rings is 1. The number of anilines is 1. The van der Waals surface area contributed by atoms with Gasteiger partial charge < -0.3 is 5.32 Å². The highest BCUT2D eigenvalue weighted by Crippen LogP contribution is 2.15. The third-order valence-electron chi connectivity index (χ3n) is 3.14. The minimum atomic E-state index is -0.267. The summed E-state index contributed by atoms with van der Waals surface area (Å²) in [4.78, 5) is 12.2. The molecule has 7 heteroatoms. The molecule has 6 nitrogen and oxygen atoms in total. The van der Waals surface area contributed by atoms with E-state index >= 15 is 0 Å². The molecule has 0 fully saturated rings. The van der Waals surface area contributed by atoms with Crippen molar-refractivity contribution in [3.05, 3.63) is 58.5 Å². The van der Waals surface area contributed by atoms with Crippen LogP contribution in [0.15, 0.2) is 47.1 Å². The van der Waals surface area contributed by atoms with Crippen molar-refractivity contribution in [3.8, 4) is 5.69 Å². The maximum Gasteiger partial charge on any atom is 0.277 e. The topological polar surface area (TPSA) is 64.7 Å². The predicted octanol–water partition coefficient (Wildman–Crippen LogP) is 2.93. The van der Waals surface area contributed by atoms with Crippen LogP contribution in [0.4, 0.5) is 5.82 Å². The second-order valence-electron chi connectivity index (χ2n) is 4.87. The number of nitrogens with one attached hydrogen (secondary N) is 1. The molecule has 3 aromatic rings. The molecule has 1 N–H and O–H groups in total. The van der Waals surface area contributed by atoms with E-state index in [1.165, 1.54) is 0 Å². The zero-order valence-electron chi connectivity index (χ0n) is 12.1. The number of carbonyl (C=O) groups is 1. The van der Waals surface area contributed by atoms with E-state index in [4.69, 9.17) is 0 Å². The molecule has 1 amide bonds. The van der Waals surface area contributed by atoms with Crippen molar-refractivity contribution in [1.82, 2.24) is 19.6 Å². The summed E-state index contributed by atoms with van der Waals surface area (Å²) in [5.41, 5.74) is 2.07. The van der Waals surface area contributed by atoms with E-state index in [0.717, 1.165) is 15.9 Å². The van der Waals surface area contributed by atoms with Crippen molar-refractivity contribution >= 4 is 27.7 Å². The van der Waals surface area contributed by atoms with Crippen molar-refractivity contribution < 1.29 is 4.79 Å². The highest BCUT2D eigenvalue weighted by atomic mass is 79.9. The molecule has 0 bridgehead atoms. The highest BCUT2D eigenvalue weighted by molar-refractivity contribution is 9.10. The van der Waals surface area contributed by atoms with Gasteiger partial charge in [-0.2, -0.15) is 10.2 Å². The number of rotatable bonds is 3. The Bertz CT molecular complexity index is 836. The largest absolute Gasteiger partial charge is 0.305 e. The molecule has 0 spiro atoms. The van der Waals surface area contributed by atoms with E-state index in [1.807, 2.05) is 37.3 Å². The third-order valence-corrected chi connectivity index (χ3v) is 3.63. The predicted molar refractivity (Wildman–Crippen MR) is 87.2 cm³/mol. The van der Waals surface area contributed by atoms with Crippen LogP contribution in [0.3, 0.4) is 0 Å². The van der Waals surface area contributed by atoms with Gasteiger partial charge in [0.15, 0.2) is 5.69 Å². The molecule has 0 aliphatic carbocycles. The lowest BCUT2D eigenvalue weighted by Crippen LogP contribution is -2.15. The quantitative estimate of drug-likeness (QED) is 0.781. The molecule has 0 unspecified atom stereocenters. The summed E-state index contributed by atoms with van der Waals surface area (Å²) < 4.78 is 4.24. The van der Waals surface area contributed by atoms with Crippen molar-refractivity contribution in [2.24, 2.45) is 7.05 Å². The Morgan fingerprint density at radius 3 is 2.73 bits per heavy atom. The van der Waals surface area contributed by atoms with Crippen LogP contribution in [0.5, 0.6) is 0 Å². The van der Waals surface area contributed by atoms with Gasteiger partial charge in [0.25, 0.3) is 5.91 Å². The van der Waals surface area contributed by atoms with Crippen molar-refractivity contribution in [2.45, 2.75) is 6.92 Å². The van der Waals surface area contributed by atoms with Gasteiger partial charge in [0.05, 0.1) is 11.4 Å². The van der Waals surface area contributed by atoms with E-state index in [1.54, 1.807) is 28.7 Å². The smallest absolute Gasteiger partial charge is 0.277 e. The molecule has 0 saturated carbocycles. The number of aryl methyl sites for hydroxylation is 2. The lowest BCUT2D eigenvalue weighted by molar-refractivity contribution is 0.102. The Kier molecular flexibility index (Phi) is 3.81. The van der Waals surface area contributed by atoms with Crippen molar-refractivity contribution in [2.75, 3.05) is 5.32 Å². The number of hydrogen-bond donors (Lipinski definition) is 1. The van der Waals surface area contributed by atoms with Gasteiger partial charge >= 0.3 is 0 Å². The average Bonchev–Trinajstić information content (AvgIpc) is 3.06. The molecule has 2 aromatic heterocycles.